The maximum atomic E-state index is 13.2. The smallest absolute Gasteiger partial charge is 0.144 e. The van der Waals surface area contributed by atoms with Crippen molar-refractivity contribution in [3.05, 3.63) is 26.4 Å². The molecule has 0 spiro atoms. The molecule has 0 radical (unpaired) electrons. The Hall–Kier alpha value is -0.0900. The third-order valence-electron chi connectivity index (χ3n) is 1.55. The summed E-state index contributed by atoms with van der Waals surface area (Å²) in [6, 6.07) is 1.63. The molecule has 0 fully saturated rings. The Bertz CT molecular complexity index is 312. The number of methoxy groups -OCH3 is 1. The van der Waals surface area contributed by atoms with Gasteiger partial charge in [0, 0.05) is 5.56 Å². The van der Waals surface area contributed by atoms with Gasteiger partial charge in [0.15, 0.2) is 0 Å². The van der Waals surface area contributed by atoms with E-state index in [0.717, 1.165) is 4.47 Å². The van der Waals surface area contributed by atoms with Crippen LogP contribution in [0.25, 0.3) is 0 Å². The number of hydrogen-bond donors (Lipinski definition) is 0. The predicted molar refractivity (Wildman–Crippen MR) is 53.1 cm³/mol. The van der Waals surface area contributed by atoms with Crippen molar-refractivity contribution in [2.45, 2.75) is 6.92 Å². The van der Waals surface area contributed by atoms with Gasteiger partial charge in [-0.1, -0.05) is 0 Å². The molecule has 1 rings (SSSR count). The van der Waals surface area contributed by atoms with Gasteiger partial charge in [0.1, 0.15) is 11.6 Å². The highest BCUT2D eigenvalue weighted by Gasteiger charge is 2.12. The molecule has 0 saturated heterocycles. The zero-order valence-corrected chi connectivity index (χ0v) is 9.79. The lowest BCUT2D eigenvalue weighted by Gasteiger charge is -2.08. The van der Waals surface area contributed by atoms with Gasteiger partial charge in [-0.25, -0.2) is 4.39 Å². The molecule has 1 aromatic carbocycles. The average molecular weight is 298 g/mol. The summed E-state index contributed by atoms with van der Waals surface area (Å²) in [4.78, 5) is 0. The van der Waals surface area contributed by atoms with Crippen LogP contribution in [-0.2, 0) is 0 Å². The van der Waals surface area contributed by atoms with Crippen LogP contribution in [0.5, 0.6) is 5.75 Å². The molecule has 0 atom stereocenters. The van der Waals surface area contributed by atoms with Gasteiger partial charge in [0.05, 0.1) is 16.1 Å². The number of benzene rings is 1. The van der Waals surface area contributed by atoms with Gasteiger partial charge in [-0.15, -0.1) is 0 Å². The van der Waals surface area contributed by atoms with Gasteiger partial charge in [-0.2, -0.15) is 0 Å². The highest BCUT2D eigenvalue weighted by Crippen LogP contribution is 2.34. The van der Waals surface area contributed by atoms with Crippen LogP contribution < -0.4 is 4.74 Å². The summed E-state index contributed by atoms with van der Waals surface area (Å²) in [5.74, 6) is 0.255. The Morgan fingerprint density at radius 3 is 2.42 bits per heavy atom. The van der Waals surface area contributed by atoms with Crippen LogP contribution in [0.3, 0.4) is 0 Å². The monoisotopic (exact) mass is 296 g/mol. The zero-order valence-electron chi connectivity index (χ0n) is 6.62. The normalized spacial score (nSPS) is 10.1. The molecular formula is C8H7Br2FO. The third kappa shape index (κ3) is 1.64. The Balaban J connectivity index is 3.40. The van der Waals surface area contributed by atoms with E-state index in [1.807, 2.05) is 0 Å². The molecule has 1 aromatic rings. The second kappa shape index (κ2) is 3.75. The summed E-state index contributed by atoms with van der Waals surface area (Å²) in [5.41, 5.74) is 0.499. The second-order valence-corrected chi connectivity index (χ2v) is 4.02. The fraction of sp³-hybridized carbons (Fsp3) is 0.250. The lowest BCUT2D eigenvalue weighted by Crippen LogP contribution is -1.93. The van der Waals surface area contributed by atoms with Crippen molar-refractivity contribution < 1.29 is 9.13 Å². The van der Waals surface area contributed by atoms with Crippen LogP contribution in [0.1, 0.15) is 5.56 Å². The first kappa shape index (κ1) is 9.99. The fourth-order valence-corrected chi connectivity index (χ4v) is 2.47. The van der Waals surface area contributed by atoms with E-state index in [2.05, 4.69) is 31.9 Å². The fourth-order valence-electron chi connectivity index (χ4n) is 0.949. The second-order valence-electron chi connectivity index (χ2n) is 2.31. The minimum absolute atomic E-state index is 0.282. The molecule has 0 saturated carbocycles. The van der Waals surface area contributed by atoms with Gasteiger partial charge in [-0.3, -0.25) is 0 Å². The van der Waals surface area contributed by atoms with Crippen LogP contribution in [-0.4, -0.2) is 7.11 Å². The maximum Gasteiger partial charge on any atom is 0.144 e. The lowest BCUT2D eigenvalue weighted by molar-refractivity contribution is 0.404. The van der Waals surface area contributed by atoms with Gasteiger partial charge in [0.25, 0.3) is 0 Å². The number of rotatable bonds is 1. The van der Waals surface area contributed by atoms with Crippen molar-refractivity contribution in [1.82, 2.24) is 0 Å². The van der Waals surface area contributed by atoms with Gasteiger partial charge < -0.3 is 4.74 Å². The largest absolute Gasteiger partial charge is 0.495 e. The average Bonchev–Trinajstić information content (AvgIpc) is 2.01. The van der Waals surface area contributed by atoms with Gasteiger partial charge >= 0.3 is 0 Å². The summed E-state index contributed by atoms with van der Waals surface area (Å²) in [6.07, 6.45) is 0. The summed E-state index contributed by atoms with van der Waals surface area (Å²) >= 11 is 6.37. The molecule has 0 aromatic heterocycles. The van der Waals surface area contributed by atoms with Crippen molar-refractivity contribution in [2.75, 3.05) is 7.11 Å². The Morgan fingerprint density at radius 2 is 1.92 bits per heavy atom. The lowest BCUT2D eigenvalue weighted by atomic mass is 10.2. The SMILES string of the molecule is COc1c(Br)cc(Br)c(F)c1C. The van der Waals surface area contributed by atoms with Crippen LogP contribution in [0.4, 0.5) is 4.39 Å². The van der Waals surface area contributed by atoms with Crippen molar-refractivity contribution in [1.29, 1.82) is 0 Å². The molecule has 0 N–H and O–H groups in total. The number of ether oxygens (including phenoxy) is 1. The van der Waals surface area contributed by atoms with Crippen molar-refractivity contribution in [3.8, 4) is 5.75 Å². The van der Waals surface area contributed by atoms with Crippen LogP contribution in [0.2, 0.25) is 0 Å². The maximum absolute atomic E-state index is 13.2. The van der Waals surface area contributed by atoms with E-state index in [0.29, 0.717) is 15.8 Å². The van der Waals surface area contributed by atoms with E-state index in [1.54, 1.807) is 13.0 Å². The van der Waals surface area contributed by atoms with Gasteiger partial charge in [-0.05, 0) is 44.8 Å². The summed E-state index contributed by atoms with van der Waals surface area (Å²) in [5, 5.41) is 0. The number of halogens is 3. The van der Waals surface area contributed by atoms with Crippen LogP contribution >= 0.6 is 31.9 Å². The molecule has 0 unspecified atom stereocenters. The van der Waals surface area contributed by atoms with E-state index in [1.165, 1.54) is 7.11 Å². The topological polar surface area (TPSA) is 9.23 Å². The Kier molecular flexibility index (Phi) is 3.12. The molecule has 0 amide bonds. The molecular weight excluding hydrogens is 291 g/mol. The summed E-state index contributed by atoms with van der Waals surface area (Å²) in [6.45, 7) is 1.67. The molecule has 0 aliphatic rings. The molecule has 4 heteroatoms. The Morgan fingerprint density at radius 1 is 1.33 bits per heavy atom. The highest BCUT2D eigenvalue weighted by atomic mass is 79.9. The van der Waals surface area contributed by atoms with Crippen LogP contribution in [0.15, 0.2) is 15.0 Å². The van der Waals surface area contributed by atoms with Gasteiger partial charge in [0.2, 0.25) is 0 Å². The van der Waals surface area contributed by atoms with E-state index < -0.39 is 0 Å². The quantitative estimate of drug-likeness (QED) is 0.719. The van der Waals surface area contributed by atoms with Crippen molar-refractivity contribution in [3.63, 3.8) is 0 Å². The van der Waals surface area contributed by atoms with E-state index in [9.17, 15) is 4.39 Å². The first-order valence-electron chi connectivity index (χ1n) is 3.26. The first-order chi connectivity index (χ1) is 5.57. The molecule has 0 aliphatic carbocycles. The molecule has 0 bridgehead atoms. The minimum atomic E-state index is -0.282. The zero-order chi connectivity index (χ0) is 9.30. The standard InChI is InChI=1S/C8H7Br2FO/c1-4-7(11)5(9)3-6(10)8(4)12-2/h3H,1-2H3. The van der Waals surface area contributed by atoms with E-state index >= 15 is 0 Å². The molecule has 66 valence electrons. The highest BCUT2D eigenvalue weighted by molar-refractivity contribution is 9.11. The van der Waals surface area contributed by atoms with E-state index in [-0.39, 0.29) is 5.82 Å². The van der Waals surface area contributed by atoms with E-state index in [4.69, 9.17) is 4.74 Å². The summed E-state index contributed by atoms with van der Waals surface area (Å²) in [7, 11) is 1.51. The van der Waals surface area contributed by atoms with Crippen molar-refractivity contribution in [2.24, 2.45) is 0 Å². The Labute approximate surface area is 87.2 Å². The third-order valence-corrected chi connectivity index (χ3v) is 2.72. The van der Waals surface area contributed by atoms with Crippen molar-refractivity contribution >= 4 is 31.9 Å². The minimum Gasteiger partial charge on any atom is -0.495 e. The molecule has 0 aliphatic heterocycles. The molecule has 1 nitrogen and oxygen atoms in total. The predicted octanol–water partition coefficient (Wildman–Crippen LogP) is 3.67. The summed E-state index contributed by atoms with van der Waals surface area (Å²) < 4.78 is 19.4. The molecule has 0 heterocycles. The number of hydrogen-bond acceptors (Lipinski definition) is 1. The molecule has 12 heavy (non-hydrogen) atoms. The first-order valence-corrected chi connectivity index (χ1v) is 4.84. The van der Waals surface area contributed by atoms with Crippen LogP contribution in [0, 0.1) is 12.7 Å².